The molecule has 1 aliphatic rings. The van der Waals surface area contributed by atoms with Crippen LogP contribution in [0.3, 0.4) is 0 Å². The number of oxime groups is 1. The zero-order chi connectivity index (χ0) is 13.9. The van der Waals surface area contributed by atoms with E-state index in [0.29, 0.717) is 12.3 Å². The first-order valence-corrected chi connectivity index (χ1v) is 7.98. The van der Waals surface area contributed by atoms with Crippen LogP contribution in [-0.4, -0.2) is 35.1 Å². The molecule has 0 unspecified atom stereocenters. The van der Waals surface area contributed by atoms with Gasteiger partial charge < -0.3 is 10.9 Å². The minimum atomic E-state index is 0.352. The van der Waals surface area contributed by atoms with Crippen molar-refractivity contribution in [1.29, 1.82) is 0 Å². The van der Waals surface area contributed by atoms with E-state index in [-0.39, 0.29) is 0 Å². The van der Waals surface area contributed by atoms with E-state index < -0.39 is 0 Å². The number of amidine groups is 1. The largest absolute Gasteiger partial charge is 0.409 e. The molecule has 4 nitrogen and oxygen atoms in total. The van der Waals surface area contributed by atoms with Crippen molar-refractivity contribution in [2.24, 2.45) is 10.9 Å². The van der Waals surface area contributed by atoms with Gasteiger partial charge in [-0.2, -0.15) is 0 Å². The molecule has 112 valence electrons. The molecule has 3 N–H and O–H groups in total. The number of hydrogen-bond acceptors (Lipinski definition) is 3. The van der Waals surface area contributed by atoms with Crippen LogP contribution in [0.5, 0.6) is 0 Å². The maximum Gasteiger partial charge on any atom is 0.140 e. The van der Waals surface area contributed by atoms with Crippen molar-refractivity contribution in [3.8, 4) is 0 Å². The first-order valence-electron chi connectivity index (χ1n) is 7.98. The van der Waals surface area contributed by atoms with Gasteiger partial charge in [-0.3, -0.25) is 4.90 Å². The first-order chi connectivity index (χ1) is 9.27. The van der Waals surface area contributed by atoms with Gasteiger partial charge in [-0.1, -0.05) is 50.6 Å². The van der Waals surface area contributed by atoms with Crippen LogP contribution in [0, 0.1) is 0 Å². The van der Waals surface area contributed by atoms with E-state index in [1.807, 2.05) is 0 Å². The van der Waals surface area contributed by atoms with Gasteiger partial charge in [-0.15, -0.1) is 0 Å². The van der Waals surface area contributed by atoms with Crippen molar-refractivity contribution in [2.75, 3.05) is 13.1 Å². The van der Waals surface area contributed by atoms with Crippen molar-refractivity contribution < 1.29 is 5.21 Å². The van der Waals surface area contributed by atoms with Gasteiger partial charge in [0.05, 0.1) is 0 Å². The van der Waals surface area contributed by atoms with E-state index in [1.54, 1.807) is 0 Å². The van der Waals surface area contributed by atoms with Crippen molar-refractivity contribution in [1.82, 2.24) is 4.90 Å². The minimum absolute atomic E-state index is 0.352. The summed E-state index contributed by atoms with van der Waals surface area (Å²) in [5.74, 6) is 0.352. The summed E-state index contributed by atoms with van der Waals surface area (Å²) in [5, 5.41) is 11.6. The van der Waals surface area contributed by atoms with Crippen LogP contribution in [0.2, 0.25) is 0 Å². The lowest BCUT2D eigenvalue weighted by Crippen LogP contribution is -2.31. The molecule has 0 radical (unpaired) electrons. The van der Waals surface area contributed by atoms with Gasteiger partial charge in [0, 0.05) is 19.0 Å². The van der Waals surface area contributed by atoms with Crippen molar-refractivity contribution in [3.05, 3.63) is 0 Å². The molecule has 1 fully saturated rings. The Balaban J connectivity index is 2.03. The van der Waals surface area contributed by atoms with Crippen LogP contribution in [0.1, 0.15) is 71.1 Å². The standard InChI is InChI=1S/C15H31N3O/c1-2-3-4-5-6-7-8-12-18(14-9-10-14)13-11-15(16)17-19/h14,19H,2-13H2,1H3,(H2,16,17). The lowest BCUT2D eigenvalue weighted by molar-refractivity contribution is 0.261. The third-order valence-electron chi connectivity index (χ3n) is 3.90. The highest BCUT2D eigenvalue weighted by atomic mass is 16.4. The van der Waals surface area contributed by atoms with Crippen LogP contribution >= 0.6 is 0 Å². The monoisotopic (exact) mass is 269 g/mol. The van der Waals surface area contributed by atoms with Crippen molar-refractivity contribution >= 4 is 5.84 Å². The van der Waals surface area contributed by atoms with E-state index in [2.05, 4.69) is 17.0 Å². The lowest BCUT2D eigenvalue weighted by Gasteiger charge is -2.21. The van der Waals surface area contributed by atoms with Gasteiger partial charge in [0.15, 0.2) is 0 Å². The smallest absolute Gasteiger partial charge is 0.140 e. The molecular formula is C15H31N3O. The quantitative estimate of drug-likeness (QED) is 0.188. The van der Waals surface area contributed by atoms with E-state index in [4.69, 9.17) is 10.9 Å². The molecule has 19 heavy (non-hydrogen) atoms. The summed E-state index contributed by atoms with van der Waals surface area (Å²) < 4.78 is 0. The number of rotatable bonds is 12. The molecule has 0 bridgehead atoms. The number of hydrogen-bond donors (Lipinski definition) is 2. The molecule has 0 aliphatic heterocycles. The Kier molecular flexibility index (Phi) is 8.63. The highest BCUT2D eigenvalue weighted by Gasteiger charge is 2.28. The molecule has 0 spiro atoms. The van der Waals surface area contributed by atoms with Crippen LogP contribution < -0.4 is 5.73 Å². The Hall–Kier alpha value is -0.770. The second kappa shape index (κ2) is 10.1. The van der Waals surface area contributed by atoms with Gasteiger partial charge in [0.25, 0.3) is 0 Å². The predicted molar refractivity (Wildman–Crippen MR) is 80.6 cm³/mol. The molecule has 0 amide bonds. The lowest BCUT2D eigenvalue weighted by atomic mass is 10.1. The Bertz CT molecular complexity index is 252. The summed E-state index contributed by atoms with van der Waals surface area (Å²) in [6.07, 6.45) is 12.8. The van der Waals surface area contributed by atoms with Crippen molar-refractivity contribution in [3.63, 3.8) is 0 Å². The molecule has 0 aromatic heterocycles. The molecule has 1 aliphatic carbocycles. The van der Waals surface area contributed by atoms with Gasteiger partial charge in [-0.05, 0) is 25.8 Å². The molecule has 0 aromatic carbocycles. The Morgan fingerprint density at radius 3 is 2.32 bits per heavy atom. The van der Waals surface area contributed by atoms with Crippen molar-refractivity contribution in [2.45, 2.75) is 77.2 Å². The average molecular weight is 269 g/mol. The van der Waals surface area contributed by atoms with Gasteiger partial charge in [0.2, 0.25) is 0 Å². The second-order valence-corrected chi connectivity index (χ2v) is 5.73. The summed E-state index contributed by atoms with van der Waals surface area (Å²) in [4.78, 5) is 2.52. The number of nitrogens with zero attached hydrogens (tertiary/aromatic N) is 2. The molecule has 1 rings (SSSR count). The second-order valence-electron chi connectivity index (χ2n) is 5.73. The normalized spacial score (nSPS) is 16.2. The van der Waals surface area contributed by atoms with E-state index in [9.17, 15) is 0 Å². The topological polar surface area (TPSA) is 61.8 Å². The molecule has 0 saturated heterocycles. The van der Waals surface area contributed by atoms with Gasteiger partial charge in [-0.25, -0.2) is 0 Å². The van der Waals surface area contributed by atoms with Crippen LogP contribution in [0.15, 0.2) is 5.16 Å². The van der Waals surface area contributed by atoms with E-state index in [1.165, 1.54) is 64.3 Å². The molecule has 4 heteroatoms. The Morgan fingerprint density at radius 1 is 1.11 bits per heavy atom. The predicted octanol–water partition coefficient (Wildman–Crippen LogP) is 3.34. The fourth-order valence-corrected chi connectivity index (χ4v) is 2.50. The summed E-state index contributed by atoms with van der Waals surface area (Å²) in [5.41, 5.74) is 5.54. The maximum atomic E-state index is 8.56. The zero-order valence-corrected chi connectivity index (χ0v) is 12.5. The van der Waals surface area contributed by atoms with Crippen LogP contribution in [0.25, 0.3) is 0 Å². The maximum absolute atomic E-state index is 8.56. The number of nitrogens with two attached hydrogens (primary N) is 1. The molecular weight excluding hydrogens is 238 g/mol. The summed E-state index contributed by atoms with van der Waals surface area (Å²) in [6, 6.07) is 0.770. The molecule has 1 saturated carbocycles. The molecule has 0 aromatic rings. The highest BCUT2D eigenvalue weighted by Crippen LogP contribution is 2.27. The Labute approximate surface area is 118 Å². The third-order valence-corrected chi connectivity index (χ3v) is 3.90. The molecule has 0 atom stereocenters. The summed E-state index contributed by atoms with van der Waals surface area (Å²) >= 11 is 0. The third kappa shape index (κ3) is 8.09. The first kappa shape index (κ1) is 16.3. The van der Waals surface area contributed by atoms with Crippen LogP contribution in [-0.2, 0) is 0 Å². The number of unbranched alkanes of at least 4 members (excludes halogenated alkanes) is 6. The summed E-state index contributed by atoms with van der Waals surface area (Å²) in [6.45, 7) is 4.38. The Morgan fingerprint density at radius 2 is 1.74 bits per heavy atom. The van der Waals surface area contributed by atoms with Crippen LogP contribution in [0.4, 0.5) is 0 Å². The SMILES string of the molecule is CCCCCCCCCN(CCC(N)=NO)C1CC1. The zero-order valence-electron chi connectivity index (χ0n) is 12.5. The van der Waals surface area contributed by atoms with E-state index >= 15 is 0 Å². The van der Waals surface area contributed by atoms with E-state index in [0.717, 1.165) is 12.6 Å². The average Bonchev–Trinajstić information content (AvgIpc) is 3.25. The highest BCUT2D eigenvalue weighted by molar-refractivity contribution is 5.79. The van der Waals surface area contributed by atoms with Gasteiger partial charge >= 0.3 is 0 Å². The fraction of sp³-hybridized carbons (Fsp3) is 0.933. The van der Waals surface area contributed by atoms with Gasteiger partial charge in [0.1, 0.15) is 5.84 Å². The fourth-order valence-electron chi connectivity index (χ4n) is 2.50. The molecule has 0 heterocycles. The minimum Gasteiger partial charge on any atom is -0.409 e. The summed E-state index contributed by atoms with van der Waals surface area (Å²) in [7, 11) is 0.